The number of benzene rings is 1. The van der Waals surface area contributed by atoms with Crippen molar-refractivity contribution in [3.05, 3.63) is 47.5 Å². The van der Waals surface area contributed by atoms with Gasteiger partial charge in [0.15, 0.2) is 0 Å². The molecule has 0 unspecified atom stereocenters. The Kier molecular flexibility index (Phi) is 4.23. The van der Waals surface area contributed by atoms with Crippen molar-refractivity contribution >= 4 is 16.9 Å². The topological polar surface area (TPSA) is 89.7 Å². The summed E-state index contributed by atoms with van der Waals surface area (Å²) < 4.78 is 0. The number of aryl methyl sites for hydroxylation is 1. The van der Waals surface area contributed by atoms with Gasteiger partial charge in [-0.1, -0.05) is 12.1 Å². The first-order chi connectivity index (χ1) is 12.2. The minimum Gasteiger partial charge on any atom is -0.350 e. The lowest BCUT2D eigenvalue weighted by atomic mass is 10.1. The molecule has 130 valence electrons. The summed E-state index contributed by atoms with van der Waals surface area (Å²) in [4.78, 5) is 22.5. The minimum atomic E-state index is -0.111. The van der Waals surface area contributed by atoms with Gasteiger partial charge in [-0.05, 0) is 44.0 Å². The molecule has 3 aromatic rings. The molecule has 0 radical (unpaired) electrons. The first kappa shape index (κ1) is 15.8. The van der Waals surface area contributed by atoms with Crippen LogP contribution in [0.5, 0.6) is 0 Å². The Labute approximate surface area is 145 Å². The van der Waals surface area contributed by atoms with Gasteiger partial charge in [0.25, 0.3) is 5.91 Å². The van der Waals surface area contributed by atoms with Crippen molar-refractivity contribution in [1.29, 1.82) is 0 Å². The summed E-state index contributed by atoms with van der Waals surface area (Å²) in [5, 5.41) is 9.77. The van der Waals surface area contributed by atoms with Crippen molar-refractivity contribution in [3.8, 4) is 0 Å². The molecule has 1 aliphatic heterocycles. The Morgan fingerprint density at radius 2 is 2.28 bits per heavy atom. The van der Waals surface area contributed by atoms with Crippen LogP contribution in [0.2, 0.25) is 0 Å². The Bertz CT molecular complexity index is 849. The van der Waals surface area contributed by atoms with E-state index in [2.05, 4.69) is 30.4 Å². The Hall–Kier alpha value is -2.67. The molecule has 7 nitrogen and oxygen atoms in total. The number of fused-ring (bicyclic) bond motifs is 1. The van der Waals surface area contributed by atoms with E-state index < -0.39 is 0 Å². The van der Waals surface area contributed by atoms with Crippen LogP contribution in [-0.4, -0.2) is 50.6 Å². The van der Waals surface area contributed by atoms with Gasteiger partial charge in [-0.25, -0.2) is 4.98 Å². The largest absolute Gasteiger partial charge is 0.350 e. The second-order valence-corrected chi connectivity index (χ2v) is 6.74. The molecule has 1 saturated heterocycles. The third-order valence-corrected chi connectivity index (χ3v) is 4.67. The fraction of sp³-hybridized carbons (Fsp3) is 0.389. The SMILES string of the molecule is Cc1cc(C(=O)NC[C@@H]2CCN(Cc3nc4ccccc4[nH]3)C2)n[nH]1. The molecule has 1 fully saturated rings. The molecular formula is C18H22N6O. The Balaban J connectivity index is 1.28. The average molecular weight is 338 g/mol. The number of nitrogens with one attached hydrogen (secondary N) is 3. The zero-order valence-corrected chi connectivity index (χ0v) is 14.2. The maximum absolute atomic E-state index is 12.1. The first-order valence-corrected chi connectivity index (χ1v) is 8.63. The molecule has 0 bridgehead atoms. The number of hydrogen-bond acceptors (Lipinski definition) is 4. The highest BCUT2D eigenvalue weighted by Gasteiger charge is 2.24. The summed E-state index contributed by atoms with van der Waals surface area (Å²) >= 11 is 0. The summed E-state index contributed by atoms with van der Waals surface area (Å²) in [6, 6.07) is 9.85. The molecule has 0 aliphatic carbocycles. The normalized spacial score (nSPS) is 18.0. The van der Waals surface area contributed by atoms with Crippen LogP contribution in [0.15, 0.2) is 30.3 Å². The van der Waals surface area contributed by atoms with Gasteiger partial charge in [-0.2, -0.15) is 5.10 Å². The average Bonchev–Trinajstić information content (AvgIpc) is 3.32. The van der Waals surface area contributed by atoms with E-state index in [1.54, 1.807) is 6.07 Å². The van der Waals surface area contributed by atoms with Gasteiger partial charge < -0.3 is 10.3 Å². The molecule has 7 heteroatoms. The highest BCUT2D eigenvalue weighted by atomic mass is 16.1. The number of aromatic nitrogens is 4. The molecule has 1 aliphatic rings. The van der Waals surface area contributed by atoms with Crippen molar-refractivity contribution in [2.75, 3.05) is 19.6 Å². The van der Waals surface area contributed by atoms with Crippen LogP contribution >= 0.6 is 0 Å². The number of hydrogen-bond donors (Lipinski definition) is 3. The highest BCUT2D eigenvalue weighted by Crippen LogP contribution is 2.19. The number of carbonyl (C=O) groups excluding carboxylic acids is 1. The predicted molar refractivity (Wildman–Crippen MR) is 95.1 cm³/mol. The van der Waals surface area contributed by atoms with Crippen molar-refractivity contribution in [2.24, 2.45) is 5.92 Å². The van der Waals surface area contributed by atoms with Crippen LogP contribution in [0.3, 0.4) is 0 Å². The standard InChI is InChI=1S/C18H22N6O/c1-12-8-16(23-22-12)18(25)19-9-13-6-7-24(10-13)11-17-20-14-4-2-3-5-15(14)21-17/h2-5,8,13H,6-7,9-11H2,1H3,(H,19,25)(H,20,21)(H,22,23)/t13-/m0/s1. The third kappa shape index (κ3) is 3.56. The summed E-state index contributed by atoms with van der Waals surface area (Å²) in [6.07, 6.45) is 1.08. The molecule has 1 amide bonds. The van der Waals surface area contributed by atoms with Gasteiger partial charge in [0.1, 0.15) is 11.5 Å². The number of likely N-dealkylation sites (tertiary alicyclic amines) is 1. The Morgan fingerprint density at radius 3 is 3.08 bits per heavy atom. The fourth-order valence-electron chi connectivity index (χ4n) is 3.38. The van der Waals surface area contributed by atoms with Crippen LogP contribution in [0, 0.1) is 12.8 Å². The van der Waals surface area contributed by atoms with E-state index in [-0.39, 0.29) is 5.91 Å². The van der Waals surface area contributed by atoms with E-state index in [9.17, 15) is 4.79 Å². The lowest BCUT2D eigenvalue weighted by molar-refractivity contribution is 0.0942. The summed E-state index contributed by atoms with van der Waals surface area (Å²) in [5.41, 5.74) is 3.43. The number of rotatable bonds is 5. The van der Waals surface area contributed by atoms with Gasteiger partial charge in [0.05, 0.1) is 17.6 Å². The number of nitrogens with zero attached hydrogens (tertiary/aromatic N) is 3. The molecule has 0 spiro atoms. The van der Waals surface area contributed by atoms with Gasteiger partial charge in [-0.3, -0.25) is 14.8 Å². The lowest BCUT2D eigenvalue weighted by Gasteiger charge is -2.14. The summed E-state index contributed by atoms with van der Waals surface area (Å²) in [6.45, 7) is 5.38. The number of imidazole rings is 1. The maximum atomic E-state index is 12.1. The van der Waals surface area contributed by atoms with E-state index >= 15 is 0 Å². The number of carbonyl (C=O) groups is 1. The van der Waals surface area contributed by atoms with Gasteiger partial charge in [0, 0.05) is 18.8 Å². The number of para-hydroxylation sites is 2. The predicted octanol–water partition coefficient (Wildman–Crippen LogP) is 1.85. The molecule has 4 rings (SSSR count). The summed E-state index contributed by atoms with van der Waals surface area (Å²) in [7, 11) is 0. The minimum absolute atomic E-state index is 0.111. The quantitative estimate of drug-likeness (QED) is 0.662. The molecule has 25 heavy (non-hydrogen) atoms. The van der Waals surface area contributed by atoms with Crippen LogP contribution in [0.4, 0.5) is 0 Å². The second kappa shape index (κ2) is 6.68. The smallest absolute Gasteiger partial charge is 0.271 e. The molecule has 1 aromatic carbocycles. The van der Waals surface area contributed by atoms with Gasteiger partial charge in [-0.15, -0.1) is 0 Å². The first-order valence-electron chi connectivity index (χ1n) is 8.63. The van der Waals surface area contributed by atoms with Gasteiger partial charge >= 0.3 is 0 Å². The molecular weight excluding hydrogens is 316 g/mol. The van der Waals surface area contributed by atoms with Crippen molar-refractivity contribution in [3.63, 3.8) is 0 Å². The number of aromatic amines is 2. The van der Waals surface area contributed by atoms with Crippen molar-refractivity contribution < 1.29 is 4.79 Å². The van der Waals surface area contributed by atoms with Crippen LogP contribution in [-0.2, 0) is 6.54 Å². The number of amides is 1. The van der Waals surface area contributed by atoms with E-state index in [0.717, 1.165) is 48.6 Å². The lowest BCUT2D eigenvalue weighted by Crippen LogP contribution is -2.31. The second-order valence-electron chi connectivity index (χ2n) is 6.74. The third-order valence-electron chi connectivity index (χ3n) is 4.67. The fourth-order valence-corrected chi connectivity index (χ4v) is 3.38. The Morgan fingerprint density at radius 1 is 1.40 bits per heavy atom. The van der Waals surface area contributed by atoms with Crippen LogP contribution in [0.1, 0.15) is 28.4 Å². The monoisotopic (exact) mass is 338 g/mol. The molecule has 2 aromatic heterocycles. The zero-order chi connectivity index (χ0) is 17.2. The molecule has 0 saturated carbocycles. The van der Waals surface area contributed by atoms with Crippen molar-refractivity contribution in [2.45, 2.75) is 19.9 Å². The number of H-pyrrole nitrogens is 2. The van der Waals surface area contributed by atoms with E-state index in [0.29, 0.717) is 18.2 Å². The summed E-state index contributed by atoms with van der Waals surface area (Å²) in [5.74, 6) is 1.35. The highest BCUT2D eigenvalue weighted by molar-refractivity contribution is 5.92. The molecule has 1 atom stereocenters. The van der Waals surface area contributed by atoms with Crippen LogP contribution in [0.25, 0.3) is 11.0 Å². The zero-order valence-electron chi connectivity index (χ0n) is 14.2. The molecule has 3 N–H and O–H groups in total. The van der Waals surface area contributed by atoms with Crippen LogP contribution < -0.4 is 5.32 Å². The van der Waals surface area contributed by atoms with E-state index in [4.69, 9.17) is 0 Å². The van der Waals surface area contributed by atoms with Crippen molar-refractivity contribution in [1.82, 2.24) is 30.4 Å². The van der Waals surface area contributed by atoms with E-state index in [1.807, 2.05) is 31.2 Å². The molecule has 3 heterocycles. The van der Waals surface area contributed by atoms with E-state index in [1.165, 1.54) is 0 Å². The van der Waals surface area contributed by atoms with Gasteiger partial charge in [0.2, 0.25) is 0 Å². The maximum Gasteiger partial charge on any atom is 0.271 e.